The molecule has 1 amide bonds. The summed E-state index contributed by atoms with van der Waals surface area (Å²) in [5, 5.41) is 8.20. The van der Waals surface area contributed by atoms with Crippen molar-refractivity contribution in [2.45, 2.75) is 26.8 Å². The molecule has 0 saturated carbocycles. The second-order valence-electron chi connectivity index (χ2n) is 6.07. The molecule has 0 aliphatic heterocycles. The van der Waals surface area contributed by atoms with Crippen LogP contribution < -0.4 is 5.32 Å². The van der Waals surface area contributed by atoms with Gasteiger partial charge in [-0.3, -0.25) is 9.48 Å². The minimum absolute atomic E-state index is 0.0691. The van der Waals surface area contributed by atoms with Crippen LogP contribution in [0.15, 0.2) is 36.4 Å². The monoisotopic (exact) mass is 373 g/mol. The molecule has 0 bridgehead atoms. The van der Waals surface area contributed by atoms with Crippen LogP contribution in [0.25, 0.3) is 10.4 Å². The minimum atomic E-state index is -0.0951. The Kier molecular flexibility index (Phi) is 4.97. The van der Waals surface area contributed by atoms with E-state index in [-0.39, 0.29) is 11.9 Å². The molecular formula is C19H20ClN3OS. The zero-order chi connectivity index (χ0) is 18.1. The molecule has 3 rings (SSSR count). The summed E-state index contributed by atoms with van der Waals surface area (Å²) in [6.45, 7) is 5.97. The van der Waals surface area contributed by atoms with Crippen LogP contribution in [0.2, 0.25) is 5.02 Å². The van der Waals surface area contributed by atoms with E-state index < -0.39 is 0 Å². The van der Waals surface area contributed by atoms with E-state index in [0.29, 0.717) is 9.90 Å². The van der Waals surface area contributed by atoms with Crippen LogP contribution in [0.5, 0.6) is 0 Å². The lowest BCUT2D eigenvalue weighted by molar-refractivity contribution is 0.0944. The molecular weight excluding hydrogens is 354 g/mol. The van der Waals surface area contributed by atoms with Gasteiger partial charge < -0.3 is 5.32 Å². The summed E-state index contributed by atoms with van der Waals surface area (Å²) in [6.07, 6.45) is 0. The van der Waals surface area contributed by atoms with Crippen molar-refractivity contribution in [3.8, 4) is 10.4 Å². The van der Waals surface area contributed by atoms with Gasteiger partial charge in [0, 0.05) is 28.2 Å². The molecule has 0 saturated heterocycles. The van der Waals surface area contributed by atoms with Crippen LogP contribution in [0.3, 0.4) is 0 Å². The fourth-order valence-electron chi connectivity index (χ4n) is 2.99. The van der Waals surface area contributed by atoms with Crippen molar-refractivity contribution < 1.29 is 4.79 Å². The number of benzene rings is 1. The fourth-order valence-corrected chi connectivity index (χ4v) is 4.03. The molecule has 2 aromatic heterocycles. The standard InChI is InChI=1S/C19H20ClN3OS/c1-11(18-12(2)22-23(4)13(18)3)21-19(24)17-10-9-16(25-17)14-5-7-15(20)8-6-14/h5-11H,1-4H3,(H,21,24)/t11-/m1/s1. The highest BCUT2D eigenvalue weighted by Gasteiger charge is 2.19. The molecule has 0 spiro atoms. The Labute approximate surface area is 156 Å². The molecule has 0 fully saturated rings. The normalized spacial score (nSPS) is 12.2. The fraction of sp³-hybridized carbons (Fsp3) is 0.263. The van der Waals surface area contributed by atoms with E-state index in [1.807, 2.05) is 68.9 Å². The minimum Gasteiger partial charge on any atom is -0.345 e. The molecule has 1 aromatic carbocycles. The summed E-state index contributed by atoms with van der Waals surface area (Å²) in [7, 11) is 1.91. The van der Waals surface area contributed by atoms with Crippen molar-refractivity contribution in [2.75, 3.05) is 0 Å². The first-order valence-corrected chi connectivity index (χ1v) is 9.23. The highest BCUT2D eigenvalue weighted by Crippen LogP contribution is 2.29. The van der Waals surface area contributed by atoms with Gasteiger partial charge in [0.15, 0.2) is 0 Å². The number of aromatic nitrogens is 2. The summed E-state index contributed by atoms with van der Waals surface area (Å²) in [5.41, 5.74) is 4.14. The molecule has 2 heterocycles. The lowest BCUT2D eigenvalue weighted by Crippen LogP contribution is -2.26. The predicted molar refractivity (Wildman–Crippen MR) is 103 cm³/mol. The first-order chi connectivity index (χ1) is 11.9. The number of carbonyl (C=O) groups is 1. The van der Waals surface area contributed by atoms with Crippen molar-refractivity contribution in [1.29, 1.82) is 0 Å². The Hall–Kier alpha value is -2.11. The predicted octanol–water partition coefficient (Wildman–Crippen LogP) is 4.91. The van der Waals surface area contributed by atoms with Crippen molar-refractivity contribution >= 4 is 28.8 Å². The van der Waals surface area contributed by atoms with Gasteiger partial charge in [-0.2, -0.15) is 5.10 Å². The molecule has 6 heteroatoms. The molecule has 130 valence electrons. The summed E-state index contributed by atoms with van der Waals surface area (Å²) in [6, 6.07) is 11.4. The lowest BCUT2D eigenvalue weighted by atomic mass is 10.1. The van der Waals surface area contributed by atoms with E-state index in [2.05, 4.69) is 10.4 Å². The van der Waals surface area contributed by atoms with Crippen LogP contribution in [-0.2, 0) is 7.05 Å². The van der Waals surface area contributed by atoms with Gasteiger partial charge in [0.2, 0.25) is 0 Å². The molecule has 0 unspecified atom stereocenters. The topological polar surface area (TPSA) is 46.9 Å². The van der Waals surface area contributed by atoms with Crippen molar-refractivity contribution in [2.24, 2.45) is 7.05 Å². The summed E-state index contributed by atoms with van der Waals surface area (Å²) >= 11 is 7.40. The van der Waals surface area contributed by atoms with E-state index in [4.69, 9.17) is 11.6 Å². The first kappa shape index (κ1) is 17.7. The van der Waals surface area contributed by atoms with Gasteiger partial charge in [-0.05, 0) is 50.6 Å². The molecule has 1 N–H and O–H groups in total. The molecule has 25 heavy (non-hydrogen) atoms. The summed E-state index contributed by atoms with van der Waals surface area (Å²) in [4.78, 5) is 14.3. The largest absolute Gasteiger partial charge is 0.345 e. The third-order valence-electron chi connectivity index (χ3n) is 4.30. The first-order valence-electron chi connectivity index (χ1n) is 8.03. The third kappa shape index (κ3) is 3.62. The number of amides is 1. The number of hydrogen-bond donors (Lipinski definition) is 1. The number of hydrogen-bond acceptors (Lipinski definition) is 3. The SMILES string of the molecule is Cc1nn(C)c(C)c1[C@@H](C)NC(=O)c1ccc(-c2ccc(Cl)cc2)s1. The number of aryl methyl sites for hydroxylation is 2. The van der Waals surface area contributed by atoms with Gasteiger partial charge in [-0.15, -0.1) is 11.3 Å². The van der Waals surface area contributed by atoms with Crippen LogP contribution in [-0.4, -0.2) is 15.7 Å². The van der Waals surface area contributed by atoms with Crippen molar-refractivity contribution in [3.63, 3.8) is 0 Å². The molecule has 1 atom stereocenters. The van der Waals surface area contributed by atoms with E-state index in [1.165, 1.54) is 11.3 Å². The zero-order valence-electron chi connectivity index (χ0n) is 14.6. The van der Waals surface area contributed by atoms with Gasteiger partial charge >= 0.3 is 0 Å². The summed E-state index contributed by atoms with van der Waals surface area (Å²) < 4.78 is 1.84. The number of rotatable bonds is 4. The third-order valence-corrected chi connectivity index (χ3v) is 5.69. The average Bonchev–Trinajstić information content (AvgIpc) is 3.14. The van der Waals surface area contributed by atoms with Crippen LogP contribution in [0.4, 0.5) is 0 Å². The maximum atomic E-state index is 12.6. The van der Waals surface area contributed by atoms with Crippen molar-refractivity contribution in [1.82, 2.24) is 15.1 Å². The Bertz CT molecular complexity index is 911. The molecule has 0 aliphatic carbocycles. The number of carbonyl (C=O) groups excluding carboxylic acids is 1. The van der Waals surface area contributed by atoms with Gasteiger partial charge in [-0.1, -0.05) is 23.7 Å². The van der Waals surface area contributed by atoms with Gasteiger partial charge in [0.05, 0.1) is 16.6 Å². The summed E-state index contributed by atoms with van der Waals surface area (Å²) in [5.74, 6) is -0.0691. The number of thiophene rings is 1. The Balaban J connectivity index is 1.76. The lowest BCUT2D eigenvalue weighted by Gasteiger charge is -2.14. The van der Waals surface area contributed by atoms with E-state index >= 15 is 0 Å². The number of nitrogens with zero attached hydrogens (tertiary/aromatic N) is 2. The second-order valence-corrected chi connectivity index (χ2v) is 7.59. The maximum Gasteiger partial charge on any atom is 0.261 e. The number of halogens is 1. The van der Waals surface area contributed by atoms with Crippen molar-refractivity contribution in [3.05, 3.63) is 63.2 Å². The van der Waals surface area contributed by atoms with Crippen LogP contribution in [0, 0.1) is 13.8 Å². The maximum absolute atomic E-state index is 12.6. The van der Waals surface area contributed by atoms with E-state index in [9.17, 15) is 4.79 Å². The van der Waals surface area contributed by atoms with E-state index in [1.54, 1.807) is 0 Å². The highest BCUT2D eigenvalue weighted by molar-refractivity contribution is 7.17. The number of nitrogens with one attached hydrogen (secondary N) is 1. The average molecular weight is 374 g/mol. The van der Waals surface area contributed by atoms with Gasteiger partial charge in [0.25, 0.3) is 5.91 Å². The molecule has 4 nitrogen and oxygen atoms in total. The highest BCUT2D eigenvalue weighted by atomic mass is 35.5. The van der Waals surface area contributed by atoms with E-state index in [0.717, 1.165) is 27.4 Å². The molecule has 0 radical (unpaired) electrons. The Morgan fingerprint density at radius 2 is 1.88 bits per heavy atom. The molecule has 0 aliphatic rings. The zero-order valence-corrected chi connectivity index (χ0v) is 16.2. The van der Waals surface area contributed by atoms with Crippen LogP contribution >= 0.6 is 22.9 Å². The second kappa shape index (κ2) is 7.02. The smallest absolute Gasteiger partial charge is 0.261 e. The quantitative estimate of drug-likeness (QED) is 0.706. The van der Waals surface area contributed by atoms with Gasteiger partial charge in [-0.25, -0.2) is 0 Å². The molecule has 3 aromatic rings. The van der Waals surface area contributed by atoms with Crippen LogP contribution in [0.1, 0.15) is 39.6 Å². The van der Waals surface area contributed by atoms with Gasteiger partial charge in [0.1, 0.15) is 0 Å². The Morgan fingerprint density at radius 1 is 1.20 bits per heavy atom. The Morgan fingerprint density at radius 3 is 2.48 bits per heavy atom.